The van der Waals surface area contributed by atoms with Gasteiger partial charge >= 0.3 is 0 Å². The molecule has 3 atom stereocenters. The second-order valence-corrected chi connectivity index (χ2v) is 5.38. The van der Waals surface area contributed by atoms with Crippen LogP contribution in [0, 0.1) is 5.92 Å². The minimum atomic E-state index is -0.774. The molecule has 1 aromatic carbocycles. The van der Waals surface area contributed by atoms with Gasteiger partial charge in [0.05, 0.1) is 19.3 Å². The maximum atomic E-state index is 11.4. The number of aliphatic hydroxyl groups is 3. The van der Waals surface area contributed by atoms with Crippen molar-refractivity contribution < 1.29 is 20.1 Å². The van der Waals surface area contributed by atoms with Crippen molar-refractivity contribution >= 4 is 11.9 Å². The van der Waals surface area contributed by atoms with Crippen LogP contribution in [0.1, 0.15) is 43.4 Å². The number of carbonyl (C=O) groups is 1. The number of carbonyl (C=O) groups excluding carboxylic acids is 1. The van der Waals surface area contributed by atoms with Crippen molar-refractivity contribution in [3.63, 3.8) is 0 Å². The quantitative estimate of drug-likeness (QED) is 0.717. The topological polar surface area (TPSA) is 77.8 Å². The Hall–Kier alpha value is -1.49. The lowest BCUT2D eigenvalue weighted by atomic mass is 9.83. The Bertz CT molecular complexity index is 508. The number of Topliss-reactive ketones (excluding diaryl/α,β-unsaturated/α-hetero) is 1. The standard InChI is InChI=1S/C17H24O4/c1-11(13(3)20)17(21)12(2)16-7-6-14(10-19)9-15(16)5-4-8-18/h4-7,9,11-12,17-19,21H,8,10H2,1-3H3/b5-4+/t11-,12+,17+/m1/s1. The van der Waals surface area contributed by atoms with Crippen molar-refractivity contribution in [2.24, 2.45) is 5.92 Å². The molecule has 0 aliphatic heterocycles. The first-order valence-corrected chi connectivity index (χ1v) is 7.12. The zero-order valence-electron chi connectivity index (χ0n) is 12.8. The summed E-state index contributed by atoms with van der Waals surface area (Å²) in [6.45, 7) is 4.91. The summed E-state index contributed by atoms with van der Waals surface area (Å²) in [6.07, 6.45) is 2.59. The molecule has 1 aromatic rings. The Labute approximate surface area is 125 Å². The monoisotopic (exact) mass is 292 g/mol. The summed E-state index contributed by atoms with van der Waals surface area (Å²) in [4.78, 5) is 11.4. The van der Waals surface area contributed by atoms with Crippen LogP contribution in [0.15, 0.2) is 24.3 Å². The van der Waals surface area contributed by atoms with E-state index in [1.165, 1.54) is 6.92 Å². The number of hydrogen-bond donors (Lipinski definition) is 3. The summed E-state index contributed by atoms with van der Waals surface area (Å²) in [7, 11) is 0. The lowest BCUT2D eigenvalue weighted by molar-refractivity contribution is -0.123. The largest absolute Gasteiger partial charge is 0.392 e. The molecule has 0 aliphatic carbocycles. The Kier molecular flexibility index (Phi) is 6.75. The van der Waals surface area contributed by atoms with Crippen LogP contribution in [0.4, 0.5) is 0 Å². The van der Waals surface area contributed by atoms with E-state index < -0.39 is 12.0 Å². The van der Waals surface area contributed by atoms with Gasteiger partial charge in [0.15, 0.2) is 0 Å². The molecule has 0 aromatic heterocycles. The smallest absolute Gasteiger partial charge is 0.135 e. The first-order valence-electron chi connectivity index (χ1n) is 7.12. The van der Waals surface area contributed by atoms with Gasteiger partial charge in [-0.2, -0.15) is 0 Å². The van der Waals surface area contributed by atoms with E-state index in [0.29, 0.717) is 0 Å². The Morgan fingerprint density at radius 1 is 1.29 bits per heavy atom. The summed E-state index contributed by atoms with van der Waals surface area (Å²) < 4.78 is 0. The molecule has 1 rings (SSSR count). The van der Waals surface area contributed by atoms with Gasteiger partial charge in [-0.25, -0.2) is 0 Å². The molecule has 0 heterocycles. The third kappa shape index (κ3) is 4.49. The zero-order chi connectivity index (χ0) is 16.0. The van der Waals surface area contributed by atoms with Gasteiger partial charge in [0, 0.05) is 11.8 Å². The highest BCUT2D eigenvalue weighted by atomic mass is 16.3. The number of aliphatic hydroxyl groups excluding tert-OH is 3. The molecule has 0 saturated carbocycles. The predicted octanol–water partition coefficient (Wildman–Crippen LogP) is 1.87. The zero-order valence-corrected chi connectivity index (χ0v) is 12.8. The highest BCUT2D eigenvalue weighted by Crippen LogP contribution is 2.29. The average Bonchev–Trinajstić information content (AvgIpc) is 2.50. The van der Waals surface area contributed by atoms with E-state index in [2.05, 4.69) is 0 Å². The molecule has 0 saturated heterocycles. The molecule has 0 amide bonds. The Morgan fingerprint density at radius 3 is 2.48 bits per heavy atom. The van der Waals surface area contributed by atoms with Gasteiger partial charge in [-0.15, -0.1) is 0 Å². The Morgan fingerprint density at radius 2 is 1.95 bits per heavy atom. The van der Waals surface area contributed by atoms with Crippen LogP contribution >= 0.6 is 0 Å². The van der Waals surface area contributed by atoms with Gasteiger partial charge in [-0.1, -0.05) is 38.1 Å². The van der Waals surface area contributed by atoms with Crippen LogP contribution in [0.5, 0.6) is 0 Å². The SMILES string of the molecule is CC(=O)[C@@H](C)[C@H](O)[C@@H](C)c1ccc(CO)cc1/C=C/CO. The third-order valence-corrected chi connectivity index (χ3v) is 3.89. The molecule has 0 unspecified atom stereocenters. The van der Waals surface area contributed by atoms with Gasteiger partial charge in [-0.3, -0.25) is 4.79 Å². The molecule has 3 N–H and O–H groups in total. The molecule has 21 heavy (non-hydrogen) atoms. The molecular formula is C17H24O4. The maximum absolute atomic E-state index is 11.4. The van der Waals surface area contributed by atoms with Crippen LogP contribution in [0.25, 0.3) is 6.08 Å². The summed E-state index contributed by atoms with van der Waals surface area (Å²) in [5.41, 5.74) is 2.48. The third-order valence-electron chi connectivity index (χ3n) is 3.89. The fourth-order valence-corrected chi connectivity index (χ4v) is 2.32. The minimum Gasteiger partial charge on any atom is -0.392 e. The Balaban J connectivity index is 3.15. The first kappa shape index (κ1) is 17.6. The lowest BCUT2D eigenvalue weighted by Gasteiger charge is -2.25. The fraction of sp³-hybridized carbons (Fsp3) is 0.471. The number of ketones is 1. The van der Waals surface area contributed by atoms with Crippen molar-refractivity contribution in [2.75, 3.05) is 6.61 Å². The summed E-state index contributed by atoms with van der Waals surface area (Å²) in [6, 6.07) is 5.47. The molecule has 0 aliphatic rings. The lowest BCUT2D eigenvalue weighted by Crippen LogP contribution is -2.29. The van der Waals surface area contributed by atoms with Crippen molar-refractivity contribution in [1.29, 1.82) is 0 Å². The van der Waals surface area contributed by atoms with Crippen molar-refractivity contribution in [3.05, 3.63) is 41.0 Å². The molecule has 0 fully saturated rings. The average molecular weight is 292 g/mol. The van der Waals surface area contributed by atoms with E-state index in [1.807, 2.05) is 19.1 Å². The van der Waals surface area contributed by atoms with Gasteiger partial charge < -0.3 is 15.3 Å². The van der Waals surface area contributed by atoms with Gasteiger partial charge in [0.1, 0.15) is 5.78 Å². The highest BCUT2D eigenvalue weighted by molar-refractivity contribution is 5.78. The van der Waals surface area contributed by atoms with Crippen molar-refractivity contribution in [3.8, 4) is 0 Å². The van der Waals surface area contributed by atoms with Crippen molar-refractivity contribution in [1.82, 2.24) is 0 Å². The second-order valence-electron chi connectivity index (χ2n) is 5.38. The van der Waals surface area contributed by atoms with Crippen LogP contribution in [0.2, 0.25) is 0 Å². The van der Waals surface area contributed by atoms with E-state index in [4.69, 9.17) is 5.11 Å². The van der Waals surface area contributed by atoms with Gasteiger partial charge in [-0.05, 0) is 29.7 Å². The summed E-state index contributed by atoms with van der Waals surface area (Å²) in [5.74, 6) is -0.712. The van der Waals surface area contributed by atoms with Crippen LogP contribution in [0.3, 0.4) is 0 Å². The fourth-order valence-electron chi connectivity index (χ4n) is 2.32. The second kappa shape index (κ2) is 8.08. The van der Waals surface area contributed by atoms with E-state index in [1.54, 1.807) is 25.1 Å². The molecule has 0 spiro atoms. The van der Waals surface area contributed by atoms with E-state index in [0.717, 1.165) is 16.7 Å². The van der Waals surface area contributed by atoms with E-state index in [-0.39, 0.29) is 24.9 Å². The first-order chi connectivity index (χ1) is 9.92. The predicted molar refractivity (Wildman–Crippen MR) is 82.8 cm³/mol. The van der Waals surface area contributed by atoms with Crippen LogP contribution in [-0.4, -0.2) is 33.8 Å². The number of rotatable bonds is 7. The normalized spacial score (nSPS) is 15.9. The number of hydrogen-bond acceptors (Lipinski definition) is 4. The molecule has 4 nitrogen and oxygen atoms in total. The molecular weight excluding hydrogens is 268 g/mol. The summed E-state index contributed by atoms with van der Waals surface area (Å²) in [5, 5.41) is 28.5. The summed E-state index contributed by atoms with van der Waals surface area (Å²) >= 11 is 0. The van der Waals surface area contributed by atoms with E-state index in [9.17, 15) is 15.0 Å². The molecule has 116 valence electrons. The van der Waals surface area contributed by atoms with Gasteiger partial charge in [0.2, 0.25) is 0 Å². The number of benzene rings is 1. The van der Waals surface area contributed by atoms with Crippen LogP contribution < -0.4 is 0 Å². The molecule has 4 heteroatoms. The highest BCUT2D eigenvalue weighted by Gasteiger charge is 2.26. The molecule has 0 bridgehead atoms. The molecule has 0 radical (unpaired) electrons. The minimum absolute atomic E-state index is 0.0474. The van der Waals surface area contributed by atoms with Crippen LogP contribution in [-0.2, 0) is 11.4 Å². The van der Waals surface area contributed by atoms with E-state index >= 15 is 0 Å². The van der Waals surface area contributed by atoms with Crippen molar-refractivity contribution in [2.45, 2.75) is 39.4 Å². The van der Waals surface area contributed by atoms with Gasteiger partial charge in [0.25, 0.3) is 0 Å². The maximum Gasteiger partial charge on any atom is 0.135 e.